The normalized spacial score (nSPS) is 15.7. The Kier molecular flexibility index (Phi) is 8.34. The number of hydrogen-bond donors (Lipinski definition) is 1. The Hall–Kier alpha value is -4.13. The largest absolute Gasteiger partial charge is 0.467 e. The van der Waals surface area contributed by atoms with Gasteiger partial charge in [-0.3, -0.25) is 9.69 Å². The van der Waals surface area contributed by atoms with Gasteiger partial charge in [-0.2, -0.15) is 0 Å². The second-order valence-corrected chi connectivity index (χ2v) is 8.74. The van der Waals surface area contributed by atoms with Crippen molar-refractivity contribution in [3.05, 3.63) is 96.1 Å². The van der Waals surface area contributed by atoms with Crippen molar-refractivity contribution in [2.24, 2.45) is 0 Å². The molecule has 1 aliphatic rings. The predicted molar refractivity (Wildman–Crippen MR) is 136 cm³/mol. The van der Waals surface area contributed by atoms with Crippen LogP contribution in [0.25, 0.3) is 11.1 Å². The molecule has 1 N–H and O–H groups in total. The second kappa shape index (κ2) is 12.0. The summed E-state index contributed by atoms with van der Waals surface area (Å²) in [5.41, 5.74) is 3.92. The Labute approximate surface area is 211 Å². The molecule has 0 unspecified atom stereocenters. The molecule has 1 heterocycles. The molecular formula is C29H30N2O5. The molecular weight excluding hydrogens is 456 g/mol. The molecule has 0 saturated carbocycles. The smallest absolute Gasteiger partial charge is 0.410 e. The van der Waals surface area contributed by atoms with Gasteiger partial charge in [0.1, 0.15) is 18.7 Å². The average Bonchev–Trinajstić information content (AvgIpc) is 3.43. The maximum Gasteiger partial charge on any atom is 0.410 e. The molecule has 186 valence electrons. The Morgan fingerprint density at radius 1 is 0.889 bits per heavy atom. The molecule has 0 bridgehead atoms. The van der Waals surface area contributed by atoms with E-state index in [2.05, 4.69) is 5.32 Å². The van der Waals surface area contributed by atoms with Crippen LogP contribution in [0.4, 0.5) is 4.79 Å². The highest BCUT2D eigenvalue weighted by atomic mass is 16.6. The highest BCUT2D eigenvalue weighted by Gasteiger charge is 2.37. The molecule has 7 nitrogen and oxygen atoms in total. The lowest BCUT2D eigenvalue weighted by molar-refractivity contribution is -0.145. The fourth-order valence-corrected chi connectivity index (χ4v) is 4.36. The number of methoxy groups -OCH3 is 1. The number of rotatable bonds is 8. The van der Waals surface area contributed by atoms with Crippen LogP contribution in [0.3, 0.4) is 0 Å². The molecule has 3 aromatic rings. The molecule has 4 rings (SSSR count). The van der Waals surface area contributed by atoms with Crippen LogP contribution >= 0.6 is 0 Å². The van der Waals surface area contributed by atoms with Gasteiger partial charge < -0.3 is 14.8 Å². The summed E-state index contributed by atoms with van der Waals surface area (Å²) in [7, 11) is 1.29. The number of ether oxygens (including phenoxy) is 2. The number of carbonyl (C=O) groups excluding carboxylic acids is 3. The SMILES string of the molecule is COC(=O)[C@H](Cc1ccc(-c2ccccc2)cc1)NC(=O)[C@H]1CCCN1C(=O)OCc1ccccc1. The van der Waals surface area contributed by atoms with E-state index in [1.54, 1.807) is 0 Å². The first-order chi connectivity index (χ1) is 17.5. The van der Waals surface area contributed by atoms with E-state index in [0.717, 1.165) is 22.3 Å². The lowest BCUT2D eigenvalue weighted by Gasteiger charge is -2.25. The van der Waals surface area contributed by atoms with Crippen molar-refractivity contribution in [1.82, 2.24) is 10.2 Å². The van der Waals surface area contributed by atoms with Crippen molar-refractivity contribution >= 4 is 18.0 Å². The van der Waals surface area contributed by atoms with Crippen molar-refractivity contribution in [2.45, 2.75) is 38.0 Å². The minimum Gasteiger partial charge on any atom is -0.467 e. The number of benzene rings is 3. The third kappa shape index (κ3) is 6.30. The summed E-state index contributed by atoms with van der Waals surface area (Å²) in [4.78, 5) is 39.7. The number of carbonyl (C=O) groups is 3. The third-order valence-corrected chi connectivity index (χ3v) is 6.30. The van der Waals surface area contributed by atoms with Crippen LogP contribution in [0.15, 0.2) is 84.9 Å². The van der Waals surface area contributed by atoms with Crippen molar-refractivity contribution < 1.29 is 23.9 Å². The first kappa shape index (κ1) is 25.0. The van der Waals surface area contributed by atoms with Crippen LogP contribution in [0.1, 0.15) is 24.0 Å². The van der Waals surface area contributed by atoms with Gasteiger partial charge in [0, 0.05) is 13.0 Å². The maximum atomic E-state index is 13.1. The number of likely N-dealkylation sites (tertiary alicyclic amines) is 1. The highest BCUT2D eigenvalue weighted by molar-refractivity contribution is 5.90. The van der Waals surface area contributed by atoms with E-state index < -0.39 is 24.1 Å². The first-order valence-electron chi connectivity index (χ1n) is 12.0. The molecule has 0 spiro atoms. The summed E-state index contributed by atoms with van der Waals surface area (Å²) < 4.78 is 10.4. The fraction of sp³-hybridized carbons (Fsp3) is 0.276. The number of hydrogen-bond acceptors (Lipinski definition) is 5. The summed E-state index contributed by atoms with van der Waals surface area (Å²) >= 11 is 0. The molecule has 3 aromatic carbocycles. The van der Waals surface area contributed by atoms with Gasteiger partial charge in [0.15, 0.2) is 0 Å². The zero-order valence-corrected chi connectivity index (χ0v) is 20.3. The zero-order chi connectivity index (χ0) is 25.3. The van der Waals surface area contributed by atoms with Crippen molar-refractivity contribution in [3.63, 3.8) is 0 Å². The Bertz CT molecular complexity index is 1170. The molecule has 7 heteroatoms. The Morgan fingerprint density at radius 3 is 2.19 bits per heavy atom. The van der Waals surface area contributed by atoms with Crippen LogP contribution < -0.4 is 5.32 Å². The highest BCUT2D eigenvalue weighted by Crippen LogP contribution is 2.21. The number of esters is 1. The van der Waals surface area contributed by atoms with Gasteiger partial charge in [0.2, 0.25) is 5.91 Å². The summed E-state index contributed by atoms with van der Waals surface area (Å²) in [6.45, 7) is 0.559. The monoisotopic (exact) mass is 486 g/mol. The van der Waals surface area contributed by atoms with E-state index in [1.807, 2.05) is 84.9 Å². The van der Waals surface area contributed by atoms with Crippen LogP contribution in [0.5, 0.6) is 0 Å². The van der Waals surface area contributed by atoms with Gasteiger partial charge in [0.25, 0.3) is 0 Å². The van der Waals surface area contributed by atoms with E-state index in [9.17, 15) is 14.4 Å². The molecule has 0 aliphatic carbocycles. The minimum absolute atomic E-state index is 0.133. The van der Waals surface area contributed by atoms with E-state index in [0.29, 0.717) is 19.4 Å². The van der Waals surface area contributed by atoms with Crippen molar-refractivity contribution in [2.75, 3.05) is 13.7 Å². The topological polar surface area (TPSA) is 84.9 Å². The third-order valence-electron chi connectivity index (χ3n) is 6.30. The lowest BCUT2D eigenvalue weighted by Crippen LogP contribution is -2.51. The van der Waals surface area contributed by atoms with E-state index >= 15 is 0 Å². The van der Waals surface area contributed by atoms with E-state index in [-0.39, 0.29) is 18.9 Å². The molecule has 0 radical (unpaired) electrons. The second-order valence-electron chi connectivity index (χ2n) is 8.74. The molecule has 2 amide bonds. The number of nitrogens with zero attached hydrogens (tertiary/aromatic N) is 1. The van der Waals surface area contributed by atoms with Gasteiger partial charge in [-0.1, -0.05) is 84.9 Å². The molecule has 1 aliphatic heterocycles. The van der Waals surface area contributed by atoms with Gasteiger partial charge in [0.05, 0.1) is 7.11 Å². The standard InChI is InChI=1S/C29H30N2O5/c1-35-28(33)25(19-21-14-16-24(17-15-21)23-11-6-3-7-12-23)30-27(32)26-13-8-18-31(26)29(34)36-20-22-9-4-2-5-10-22/h2-7,9-12,14-17,25-26H,8,13,18-20H2,1H3,(H,30,32)/t25-,26+/m0/s1. The summed E-state index contributed by atoms with van der Waals surface area (Å²) in [6.07, 6.45) is 0.926. The first-order valence-corrected chi connectivity index (χ1v) is 12.0. The van der Waals surface area contributed by atoms with E-state index in [4.69, 9.17) is 9.47 Å². The van der Waals surface area contributed by atoms with Gasteiger partial charge in [-0.15, -0.1) is 0 Å². The fourth-order valence-electron chi connectivity index (χ4n) is 4.36. The number of amides is 2. The van der Waals surface area contributed by atoms with Gasteiger partial charge in [-0.05, 0) is 35.1 Å². The molecule has 36 heavy (non-hydrogen) atoms. The van der Waals surface area contributed by atoms with Gasteiger partial charge >= 0.3 is 12.1 Å². The lowest BCUT2D eigenvalue weighted by atomic mass is 10.0. The Balaban J connectivity index is 1.38. The number of nitrogens with one attached hydrogen (secondary N) is 1. The van der Waals surface area contributed by atoms with Crippen molar-refractivity contribution in [3.8, 4) is 11.1 Å². The Morgan fingerprint density at radius 2 is 1.53 bits per heavy atom. The summed E-state index contributed by atoms with van der Waals surface area (Å²) in [5, 5.41) is 2.80. The van der Waals surface area contributed by atoms with Crippen molar-refractivity contribution in [1.29, 1.82) is 0 Å². The van der Waals surface area contributed by atoms with Gasteiger partial charge in [-0.25, -0.2) is 9.59 Å². The van der Waals surface area contributed by atoms with Crippen LogP contribution in [0.2, 0.25) is 0 Å². The van der Waals surface area contributed by atoms with Crippen LogP contribution in [-0.4, -0.2) is 48.6 Å². The average molecular weight is 487 g/mol. The zero-order valence-electron chi connectivity index (χ0n) is 20.3. The van der Waals surface area contributed by atoms with Crippen LogP contribution in [-0.2, 0) is 32.1 Å². The maximum absolute atomic E-state index is 13.1. The predicted octanol–water partition coefficient (Wildman–Crippen LogP) is 4.36. The quantitative estimate of drug-likeness (QED) is 0.479. The molecule has 2 atom stereocenters. The summed E-state index contributed by atoms with van der Waals surface area (Å²) in [5.74, 6) is -0.924. The molecule has 0 aromatic heterocycles. The minimum atomic E-state index is -0.868. The molecule has 1 fully saturated rings. The summed E-state index contributed by atoms with van der Waals surface area (Å²) in [6, 6.07) is 25.7. The molecule has 1 saturated heterocycles. The van der Waals surface area contributed by atoms with Crippen LogP contribution in [0, 0.1) is 0 Å². The van der Waals surface area contributed by atoms with E-state index in [1.165, 1.54) is 12.0 Å².